The normalized spacial score (nSPS) is 12.0. The van der Waals surface area contributed by atoms with Gasteiger partial charge in [0.1, 0.15) is 12.6 Å². The summed E-state index contributed by atoms with van der Waals surface area (Å²) < 4.78 is 5.28. The first-order chi connectivity index (χ1) is 10.5. The Kier molecular flexibility index (Phi) is 7.43. The van der Waals surface area contributed by atoms with Crippen molar-refractivity contribution in [3.8, 4) is 0 Å². The Morgan fingerprint density at radius 3 is 2.36 bits per heavy atom. The third kappa shape index (κ3) is 5.76. The average Bonchev–Trinajstić information content (AvgIpc) is 2.49. The zero-order chi connectivity index (χ0) is 16.5. The largest absolute Gasteiger partial charge is 0.480 e. The van der Waals surface area contributed by atoms with Gasteiger partial charge >= 0.3 is 12.1 Å². The van der Waals surface area contributed by atoms with E-state index >= 15 is 0 Å². The molecule has 0 spiro atoms. The molecule has 0 heterocycles. The van der Waals surface area contributed by atoms with E-state index in [1.54, 1.807) is 0 Å². The van der Waals surface area contributed by atoms with Gasteiger partial charge in [-0.15, -0.1) is 0 Å². The summed E-state index contributed by atoms with van der Waals surface area (Å²) in [6.07, 6.45) is 0.525. The van der Waals surface area contributed by atoms with Gasteiger partial charge in [-0.1, -0.05) is 51.1 Å². The van der Waals surface area contributed by atoms with Crippen molar-refractivity contribution in [3.05, 3.63) is 35.9 Å². The standard InChI is InChI=1S/C17H25NO4/c1-4-10-18(15(16(19)20)11-13(2)3)17(21)22-12-14-8-6-5-7-9-14/h5-9,13,15H,4,10-12H2,1-3H3,(H,19,20). The van der Waals surface area contributed by atoms with Gasteiger partial charge in [0.25, 0.3) is 0 Å². The molecule has 0 bridgehead atoms. The van der Waals surface area contributed by atoms with E-state index < -0.39 is 18.1 Å². The lowest BCUT2D eigenvalue weighted by Crippen LogP contribution is -2.46. The highest BCUT2D eigenvalue weighted by Crippen LogP contribution is 2.15. The summed E-state index contributed by atoms with van der Waals surface area (Å²) in [7, 11) is 0. The highest BCUT2D eigenvalue weighted by molar-refractivity contribution is 5.80. The van der Waals surface area contributed by atoms with Crippen LogP contribution in [0.15, 0.2) is 30.3 Å². The van der Waals surface area contributed by atoms with Crippen LogP contribution in [0.25, 0.3) is 0 Å². The molecule has 0 aliphatic heterocycles. The Morgan fingerprint density at radius 1 is 1.23 bits per heavy atom. The van der Waals surface area contributed by atoms with Crippen LogP contribution in [0.4, 0.5) is 4.79 Å². The highest BCUT2D eigenvalue weighted by atomic mass is 16.6. The third-order valence-electron chi connectivity index (χ3n) is 3.26. The Hall–Kier alpha value is -2.04. The lowest BCUT2D eigenvalue weighted by atomic mass is 10.0. The molecule has 0 radical (unpaired) electrons. The summed E-state index contributed by atoms with van der Waals surface area (Å²) in [5.41, 5.74) is 0.878. The molecule has 1 aromatic carbocycles. The molecule has 0 saturated heterocycles. The van der Waals surface area contributed by atoms with E-state index in [2.05, 4.69) is 0 Å². The van der Waals surface area contributed by atoms with Crippen molar-refractivity contribution in [3.63, 3.8) is 0 Å². The summed E-state index contributed by atoms with van der Waals surface area (Å²) in [6.45, 7) is 6.31. The van der Waals surface area contributed by atoms with Crippen molar-refractivity contribution >= 4 is 12.1 Å². The van der Waals surface area contributed by atoms with E-state index in [9.17, 15) is 14.7 Å². The number of carboxylic acids is 1. The minimum absolute atomic E-state index is 0.147. The number of carboxylic acid groups (broad SMARTS) is 1. The maximum Gasteiger partial charge on any atom is 0.410 e. The lowest BCUT2D eigenvalue weighted by Gasteiger charge is -2.29. The molecule has 0 aliphatic carbocycles. The number of ether oxygens (including phenoxy) is 1. The number of nitrogens with zero attached hydrogens (tertiary/aromatic N) is 1. The van der Waals surface area contributed by atoms with Gasteiger partial charge in [0, 0.05) is 6.54 Å². The van der Waals surface area contributed by atoms with Crippen LogP contribution in [0.2, 0.25) is 0 Å². The van der Waals surface area contributed by atoms with Crippen molar-refractivity contribution in [1.29, 1.82) is 0 Å². The molecule has 1 atom stereocenters. The van der Waals surface area contributed by atoms with Crippen LogP contribution in [0.5, 0.6) is 0 Å². The molecule has 1 rings (SSSR count). The molecule has 1 N–H and O–H groups in total. The molecular formula is C17H25NO4. The summed E-state index contributed by atoms with van der Waals surface area (Å²) in [5.74, 6) is -0.804. The second-order valence-corrected chi connectivity index (χ2v) is 5.72. The highest BCUT2D eigenvalue weighted by Gasteiger charge is 2.30. The number of carbonyl (C=O) groups excluding carboxylic acids is 1. The van der Waals surface area contributed by atoms with Crippen LogP contribution in [0.1, 0.15) is 39.2 Å². The zero-order valence-electron chi connectivity index (χ0n) is 13.5. The molecule has 122 valence electrons. The van der Waals surface area contributed by atoms with Gasteiger partial charge in [-0.3, -0.25) is 4.90 Å². The van der Waals surface area contributed by atoms with Gasteiger partial charge in [0.05, 0.1) is 0 Å². The maximum atomic E-state index is 12.3. The van der Waals surface area contributed by atoms with E-state index in [1.165, 1.54) is 4.90 Å². The van der Waals surface area contributed by atoms with E-state index in [0.717, 1.165) is 5.56 Å². The van der Waals surface area contributed by atoms with Crippen LogP contribution in [-0.4, -0.2) is 34.7 Å². The van der Waals surface area contributed by atoms with Crippen molar-refractivity contribution < 1.29 is 19.4 Å². The number of amides is 1. The topological polar surface area (TPSA) is 66.8 Å². The van der Waals surface area contributed by atoms with E-state index in [0.29, 0.717) is 19.4 Å². The number of hydrogen-bond acceptors (Lipinski definition) is 3. The summed E-state index contributed by atoms with van der Waals surface area (Å²) in [6, 6.07) is 8.50. The van der Waals surface area contributed by atoms with Gasteiger partial charge in [-0.05, 0) is 24.3 Å². The van der Waals surface area contributed by atoms with Crippen molar-refractivity contribution in [1.82, 2.24) is 4.90 Å². The second-order valence-electron chi connectivity index (χ2n) is 5.72. The fourth-order valence-electron chi connectivity index (χ4n) is 2.23. The van der Waals surface area contributed by atoms with E-state index in [4.69, 9.17) is 4.74 Å². The van der Waals surface area contributed by atoms with Crippen molar-refractivity contribution in [2.75, 3.05) is 6.54 Å². The lowest BCUT2D eigenvalue weighted by molar-refractivity contribution is -0.143. The summed E-state index contributed by atoms with van der Waals surface area (Å²) in [5, 5.41) is 9.40. The average molecular weight is 307 g/mol. The van der Waals surface area contributed by atoms with Gasteiger partial charge in [-0.25, -0.2) is 9.59 Å². The minimum Gasteiger partial charge on any atom is -0.480 e. The number of carbonyl (C=O) groups is 2. The molecule has 1 unspecified atom stereocenters. The molecule has 0 aromatic heterocycles. The molecule has 0 saturated carbocycles. The van der Waals surface area contributed by atoms with Crippen LogP contribution in [-0.2, 0) is 16.1 Å². The number of benzene rings is 1. The van der Waals surface area contributed by atoms with E-state index in [-0.39, 0.29) is 12.5 Å². The number of rotatable bonds is 8. The van der Waals surface area contributed by atoms with Crippen molar-refractivity contribution in [2.24, 2.45) is 5.92 Å². The third-order valence-corrected chi connectivity index (χ3v) is 3.26. The fourth-order valence-corrected chi connectivity index (χ4v) is 2.23. The van der Waals surface area contributed by atoms with Crippen molar-refractivity contribution in [2.45, 2.75) is 46.3 Å². The molecule has 0 aliphatic rings. The Morgan fingerprint density at radius 2 is 1.86 bits per heavy atom. The van der Waals surface area contributed by atoms with Gasteiger partial charge < -0.3 is 9.84 Å². The molecule has 22 heavy (non-hydrogen) atoms. The molecule has 1 amide bonds. The maximum absolute atomic E-state index is 12.3. The summed E-state index contributed by atoms with van der Waals surface area (Å²) >= 11 is 0. The minimum atomic E-state index is -0.987. The van der Waals surface area contributed by atoms with Gasteiger partial charge in [0.15, 0.2) is 0 Å². The zero-order valence-corrected chi connectivity index (χ0v) is 13.5. The first kappa shape index (κ1) is 18.0. The number of aliphatic carboxylic acids is 1. The van der Waals surface area contributed by atoms with Crippen LogP contribution >= 0.6 is 0 Å². The number of hydrogen-bond donors (Lipinski definition) is 1. The Balaban J connectivity index is 2.74. The Labute approximate surface area is 131 Å². The van der Waals surface area contributed by atoms with E-state index in [1.807, 2.05) is 51.1 Å². The van der Waals surface area contributed by atoms with Gasteiger partial charge in [-0.2, -0.15) is 0 Å². The van der Waals surface area contributed by atoms with Crippen LogP contribution in [0, 0.1) is 5.92 Å². The van der Waals surface area contributed by atoms with Crippen LogP contribution < -0.4 is 0 Å². The molecular weight excluding hydrogens is 282 g/mol. The van der Waals surface area contributed by atoms with Gasteiger partial charge in [0.2, 0.25) is 0 Å². The molecule has 1 aromatic rings. The second kappa shape index (κ2) is 9.07. The monoisotopic (exact) mass is 307 g/mol. The van der Waals surface area contributed by atoms with Crippen LogP contribution in [0.3, 0.4) is 0 Å². The SMILES string of the molecule is CCCN(C(=O)OCc1ccccc1)C(CC(C)C)C(=O)O. The fraction of sp³-hybridized carbons (Fsp3) is 0.529. The predicted octanol–water partition coefficient (Wildman–Crippen LogP) is 3.53. The molecule has 5 nitrogen and oxygen atoms in total. The molecule has 5 heteroatoms. The quantitative estimate of drug-likeness (QED) is 0.797. The first-order valence-electron chi connectivity index (χ1n) is 7.65. The smallest absolute Gasteiger partial charge is 0.410 e. The Bertz CT molecular complexity index is 473. The first-order valence-corrected chi connectivity index (χ1v) is 7.65. The summed E-state index contributed by atoms with van der Waals surface area (Å²) in [4.78, 5) is 25.1. The molecule has 0 fully saturated rings. The predicted molar refractivity (Wildman–Crippen MR) is 84.5 cm³/mol.